The zero-order chi connectivity index (χ0) is 15.5. The molecule has 0 radical (unpaired) electrons. The van der Waals surface area contributed by atoms with Crippen LogP contribution >= 0.6 is 0 Å². The van der Waals surface area contributed by atoms with E-state index in [-0.39, 0.29) is 18.1 Å². The summed E-state index contributed by atoms with van der Waals surface area (Å²) in [5, 5.41) is 11.5. The Bertz CT molecular complexity index is 517. The molecule has 1 aromatic carbocycles. The number of aliphatic hydroxyl groups excluding tert-OH is 1. The number of carbonyl (C=O) groups excluding carboxylic acids is 1. The van der Waals surface area contributed by atoms with Crippen LogP contribution in [0.3, 0.4) is 0 Å². The van der Waals surface area contributed by atoms with E-state index >= 15 is 0 Å². The summed E-state index contributed by atoms with van der Waals surface area (Å²) in [6.07, 6.45) is 4.61. The summed E-state index contributed by atoms with van der Waals surface area (Å²) in [7, 11) is 0. The van der Waals surface area contributed by atoms with Crippen molar-refractivity contribution < 1.29 is 14.3 Å². The molecule has 0 unspecified atom stereocenters. The second kappa shape index (κ2) is 9.95. The van der Waals surface area contributed by atoms with Crippen LogP contribution in [0.5, 0.6) is 0 Å². The van der Waals surface area contributed by atoms with Crippen molar-refractivity contribution >= 4 is 5.91 Å². The quantitative estimate of drug-likeness (QED) is 0.599. The Morgan fingerprint density at radius 3 is 2.86 bits per heavy atom. The second-order valence-electron chi connectivity index (χ2n) is 4.78. The second-order valence-corrected chi connectivity index (χ2v) is 4.78. The van der Waals surface area contributed by atoms with Crippen LogP contribution in [0, 0.1) is 17.7 Å². The first-order valence-electron chi connectivity index (χ1n) is 7.36. The maximum atomic E-state index is 13.3. The lowest BCUT2D eigenvalue weighted by Crippen LogP contribution is -2.25. The summed E-state index contributed by atoms with van der Waals surface area (Å²) in [5.41, 5.74) is 0.729. The topological polar surface area (TPSA) is 49.3 Å². The Balaban J connectivity index is 2.69. The van der Waals surface area contributed by atoms with Crippen LogP contribution in [-0.4, -0.2) is 24.2 Å². The summed E-state index contributed by atoms with van der Waals surface area (Å²) in [6.45, 7) is 2.68. The van der Waals surface area contributed by atoms with Gasteiger partial charge in [0.2, 0.25) is 0 Å². The van der Waals surface area contributed by atoms with E-state index in [1.54, 1.807) is 0 Å². The summed E-state index contributed by atoms with van der Waals surface area (Å²) in [4.78, 5) is 12.1. The number of hydrogen-bond acceptors (Lipinski definition) is 2. The first kappa shape index (κ1) is 17.2. The van der Waals surface area contributed by atoms with Crippen molar-refractivity contribution in [1.82, 2.24) is 5.32 Å². The number of hydrogen-bond donors (Lipinski definition) is 2. The highest BCUT2D eigenvalue weighted by Crippen LogP contribution is 2.11. The molecule has 3 nitrogen and oxygen atoms in total. The monoisotopic (exact) mass is 291 g/mol. The Labute approximate surface area is 125 Å². The number of aliphatic hydroxyl groups is 1. The third kappa shape index (κ3) is 6.42. The van der Waals surface area contributed by atoms with Crippen molar-refractivity contribution in [3.8, 4) is 11.8 Å². The van der Waals surface area contributed by atoms with E-state index in [2.05, 4.69) is 24.1 Å². The molecule has 0 aromatic heterocycles. The van der Waals surface area contributed by atoms with Gasteiger partial charge in [0, 0.05) is 18.5 Å². The maximum absolute atomic E-state index is 13.3. The fourth-order valence-electron chi connectivity index (χ4n) is 1.88. The van der Waals surface area contributed by atoms with Crippen LogP contribution < -0.4 is 5.32 Å². The summed E-state index contributed by atoms with van der Waals surface area (Å²) >= 11 is 0. The van der Waals surface area contributed by atoms with Crippen LogP contribution in [0.15, 0.2) is 18.2 Å². The number of carbonyl (C=O) groups is 1. The fourth-order valence-corrected chi connectivity index (χ4v) is 1.88. The minimum Gasteiger partial charge on any atom is -0.395 e. The highest BCUT2D eigenvalue weighted by atomic mass is 19.1. The van der Waals surface area contributed by atoms with E-state index in [1.165, 1.54) is 18.2 Å². The molecule has 21 heavy (non-hydrogen) atoms. The molecule has 0 bridgehead atoms. The van der Waals surface area contributed by atoms with Gasteiger partial charge in [-0.15, -0.1) is 0 Å². The molecule has 0 aliphatic heterocycles. The average Bonchev–Trinajstić information content (AvgIpc) is 2.48. The molecular weight excluding hydrogens is 269 g/mol. The minimum atomic E-state index is -0.459. The molecule has 2 N–H and O–H groups in total. The van der Waals surface area contributed by atoms with Crippen LogP contribution in [0.25, 0.3) is 0 Å². The first-order chi connectivity index (χ1) is 10.2. The molecule has 114 valence electrons. The number of rotatable bonds is 7. The third-order valence-electron chi connectivity index (χ3n) is 3.00. The van der Waals surface area contributed by atoms with Gasteiger partial charge in [0.25, 0.3) is 5.91 Å². The van der Waals surface area contributed by atoms with Crippen molar-refractivity contribution in [3.05, 3.63) is 35.1 Å². The lowest BCUT2D eigenvalue weighted by atomic mass is 10.1. The van der Waals surface area contributed by atoms with Gasteiger partial charge in [0.05, 0.1) is 12.2 Å². The van der Waals surface area contributed by atoms with Crippen molar-refractivity contribution in [2.75, 3.05) is 13.2 Å². The predicted octanol–water partition coefficient (Wildman–Crippen LogP) is 2.87. The van der Waals surface area contributed by atoms with E-state index in [0.717, 1.165) is 25.7 Å². The van der Waals surface area contributed by atoms with E-state index in [1.807, 2.05) is 0 Å². The molecule has 4 heteroatoms. The summed E-state index contributed by atoms with van der Waals surface area (Å²) < 4.78 is 13.3. The lowest BCUT2D eigenvalue weighted by Gasteiger charge is -2.07. The summed E-state index contributed by atoms with van der Waals surface area (Å²) in [5.74, 6) is 4.78. The van der Waals surface area contributed by atoms with Crippen molar-refractivity contribution in [1.29, 1.82) is 0 Å². The van der Waals surface area contributed by atoms with Gasteiger partial charge in [-0.25, -0.2) is 4.39 Å². The van der Waals surface area contributed by atoms with Gasteiger partial charge in [0.15, 0.2) is 0 Å². The molecule has 0 aliphatic carbocycles. The van der Waals surface area contributed by atoms with Gasteiger partial charge < -0.3 is 10.4 Å². The van der Waals surface area contributed by atoms with Crippen LogP contribution in [-0.2, 0) is 0 Å². The third-order valence-corrected chi connectivity index (χ3v) is 3.00. The SMILES string of the molecule is CCCCCCNC(=O)c1cc(F)ccc1C#CCCO. The van der Waals surface area contributed by atoms with E-state index < -0.39 is 5.82 Å². The molecule has 0 saturated carbocycles. The number of amides is 1. The number of halogens is 1. The molecule has 0 fully saturated rings. The molecule has 0 saturated heterocycles. The van der Waals surface area contributed by atoms with Crippen molar-refractivity contribution in [2.45, 2.75) is 39.0 Å². The van der Waals surface area contributed by atoms with Gasteiger partial charge in [-0.2, -0.15) is 0 Å². The molecule has 0 spiro atoms. The van der Waals surface area contributed by atoms with Gasteiger partial charge in [-0.3, -0.25) is 4.79 Å². The molecule has 1 aromatic rings. The Hall–Kier alpha value is -1.86. The largest absolute Gasteiger partial charge is 0.395 e. The van der Waals surface area contributed by atoms with Gasteiger partial charge in [0.1, 0.15) is 5.82 Å². The van der Waals surface area contributed by atoms with Crippen molar-refractivity contribution in [2.24, 2.45) is 0 Å². The standard InChI is InChI=1S/C17H22FNO2/c1-2-3-4-6-11-19-17(21)16-13-15(18)10-9-14(16)8-5-7-12-20/h9-10,13,20H,2-4,6-7,11-12H2,1H3,(H,19,21). The Kier molecular flexibility index (Phi) is 8.15. The minimum absolute atomic E-state index is 0.0346. The Morgan fingerprint density at radius 2 is 2.14 bits per heavy atom. The normalized spacial score (nSPS) is 9.86. The zero-order valence-corrected chi connectivity index (χ0v) is 12.4. The van der Waals surface area contributed by atoms with E-state index in [0.29, 0.717) is 18.5 Å². The molecule has 1 rings (SSSR count). The van der Waals surface area contributed by atoms with E-state index in [4.69, 9.17) is 5.11 Å². The average molecular weight is 291 g/mol. The number of nitrogens with one attached hydrogen (secondary N) is 1. The van der Waals surface area contributed by atoms with E-state index in [9.17, 15) is 9.18 Å². The van der Waals surface area contributed by atoms with Crippen LogP contribution in [0.4, 0.5) is 4.39 Å². The molecule has 0 aliphatic rings. The Morgan fingerprint density at radius 1 is 1.33 bits per heavy atom. The highest BCUT2D eigenvalue weighted by molar-refractivity contribution is 5.96. The van der Waals surface area contributed by atoms with Gasteiger partial charge >= 0.3 is 0 Å². The maximum Gasteiger partial charge on any atom is 0.252 e. The smallest absolute Gasteiger partial charge is 0.252 e. The van der Waals surface area contributed by atoms with Gasteiger partial charge in [-0.1, -0.05) is 38.0 Å². The zero-order valence-electron chi connectivity index (χ0n) is 12.4. The number of benzene rings is 1. The number of unbranched alkanes of at least 4 members (excludes halogenated alkanes) is 3. The molecular formula is C17H22FNO2. The van der Waals surface area contributed by atoms with Crippen molar-refractivity contribution in [3.63, 3.8) is 0 Å². The summed E-state index contributed by atoms with van der Waals surface area (Å²) in [6, 6.07) is 3.97. The van der Waals surface area contributed by atoms with Gasteiger partial charge in [-0.05, 0) is 24.6 Å². The lowest BCUT2D eigenvalue weighted by molar-refractivity contribution is 0.0952. The van der Waals surface area contributed by atoms with Crippen LogP contribution in [0.1, 0.15) is 54.9 Å². The van der Waals surface area contributed by atoms with Crippen LogP contribution in [0.2, 0.25) is 0 Å². The predicted molar refractivity (Wildman–Crippen MR) is 81.5 cm³/mol. The fraction of sp³-hybridized carbons (Fsp3) is 0.471. The first-order valence-corrected chi connectivity index (χ1v) is 7.36. The highest BCUT2D eigenvalue weighted by Gasteiger charge is 2.10. The molecule has 0 heterocycles. The molecule has 0 atom stereocenters. The molecule has 1 amide bonds.